The van der Waals surface area contributed by atoms with Crippen molar-refractivity contribution in [3.05, 3.63) is 53.9 Å². The van der Waals surface area contributed by atoms with Crippen molar-refractivity contribution in [3.63, 3.8) is 0 Å². The number of nitrogens with zero attached hydrogens (tertiary/aromatic N) is 3. The first-order chi connectivity index (χ1) is 12.4. The standard InChI is InChI=1S/C19H19N3O4/c1-14(23)15-11-17(21(2)12-15)19(25)26-13-18(24)22(10-6-9-20)16-7-4-3-5-8-16/h3-5,7-8,11-12H,6,10,13H2,1-2H3. The quantitative estimate of drug-likeness (QED) is 0.563. The van der Waals surface area contributed by atoms with Crippen LogP contribution < -0.4 is 4.90 Å². The molecule has 2 rings (SSSR count). The number of carbonyl (C=O) groups is 3. The van der Waals surface area contributed by atoms with Crippen LogP contribution in [0.25, 0.3) is 0 Å². The molecule has 0 bridgehead atoms. The second-order valence-corrected chi connectivity index (χ2v) is 5.65. The first-order valence-corrected chi connectivity index (χ1v) is 8.01. The van der Waals surface area contributed by atoms with Crippen molar-refractivity contribution in [2.24, 2.45) is 7.05 Å². The minimum atomic E-state index is -0.693. The molecule has 7 heteroatoms. The third-order valence-electron chi connectivity index (χ3n) is 3.76. The van der Waals surface area contributed by atoms with Gasteiger partial charge in [-0.05, 0) is 25.1 Å². The van der Waals surface area contributed by atoms with E-state index in [9.17, 15) is 14.4 Å². The zero-order valence-corrected chi connectivity index (χ0v) is 14.6. The molecule has 0 saturated carbocycles. The van der Waals surface area contributed by atoms with E-state index in [1.54, 1.807) is 31.3 Å². The lowest BCUT2D eigenvalue weighted by molar-refractivity contribution is -0.121. The average molecular weight is 353 g/mol. The van der Waals surface area contributed by atoms with E-state index in [2.05, 4.69) is 0 Å². The Morgan fingerprint density at radius 1 is 1.23 bits per heavy atom. The molecule has 26 heavy (non-hydrogen) atoms. The summed E-state index contributed by atoms with van der Waals surface area (Å²) in [6, 6.07) is 12.3. The van der Waals surface area contributed by atoms with Gasteiger partial charge in [-0.2, -0.15) is 5.26 Å². The second kappa shape index (κ2) is 8.62. The molecule has 134 valence electrons. The topological polar surface area (TPSA) is 92.4 Å². The molecule has 1 heterocycles. The van der Waals surface area contributed by atoms with E-state index in [4.69, 9.17) is 10.00 Å². The molecule has 0 unspecified atom stereocenters. The molecule has 1 aromatic heterocycles. The van der Waals surface area contributed by atoms with Crippen LogP contribution in [0.15, 0.2) is 42.6 Å². The van der Waals surface area contributed by atoms with Gasteiger partial charge in [-0.25, -0.2) is 4.79 Å². The van der Waals surface area contributed by atoms with Gasteiger partial charge in [0.2, 0.25) is 0 Å². The highest BCUT2D eigenvalue weighted by Gasteiger charge is 2.20. The molecular weight excluding hydrogens is 334 g/mol. The normalized spacial score (nSPS) is 10.0. The van der Waals surface area contributed by atoms with E-state index >= 15 is 0 Å². The molecule has 0 atom stereocenters. The number of benzene rings is 1. The molecule has 1 aromatic carbocycles. The zero-order valence-electron chi connectivity index (χ0n) is 14.6. The average Bonchev–Trinajstić information content (AvgIpc) is 3.03. The maximum atomic E-state index is 12.5. The summed E-state index contributed by atoms with van der Waals surface area (Å²) in [4.78, 5) is 37.5. The van der Waals surface area contributed by atoms with Crippen LogP contribution in [0.5, 0.6) is 0 Å². The Balaban J connectivity index is 2.06. The highest BCUT2D eigenvalue weighted by molar-refractivity contribution is 5.99. The number of para-hydroxylation sites is 1. The summed E-state index contributed by atoms with van der Waals surface area (Å²) in [7, 11) is 1.62. The molecular formula is C19H19N3O4. The Hall–Kier alpha value is -3.40. The number of aromatic nitrogens is 1. The number of hydrogen-bond donors (Lipinski definition) is 0. The number of ether oxygens (including phenoxy) is 1. The zero-order chi connectivity index (χ0) is 19.1. The number of nitriles is 1. The summed E-state index contributed by atoms with van der Waals surface area (Å²) in [5, 5.41) is 8.78. The van der Waals surface area contributed by atoms with Crippen molar-refractivity contribution >= 4 is 23.3 Å². The fourth-order valence-electron chi connectivity index (χ4n) is 2.41. The van der Waals surface area contributed by atoms with E-state index in [-0.39, 0.29) is 24.4 Å². The maximum Gasteiger partial charge on any atom is 0.355 e. The lowest BCUT2D eigenvalue weighted by Gasteiger charge is -2.21. The first-order valence-electron chi connectivity index (χ1n) is 8.01. The molecule has 0 fully saturated rings. The number of rotatable bonds is 7. The van der Waals surface area contributed by atoms with Gasteiger partial charge in [0.1, 0.15) is 5.69 Å². The number of hydrogen-bond acceptors (Lipinski definition) is 5. The largest absolute Gasteiger partial charge is 0.451 e. The first kappa shape index (κ1) is 18.9. The molecule has 0 aliphatic rings. The Morgan fingerprint density at radius 2 is 1.92 bits per heavy atom. The van der Waals surface area contributed by atoms with Crippen molar-refractivity contribution < 1.29 is 19.1 Å². The molecule has 0 spiro atoms. The molecule has 0 radical (unpaired) electrons. The van der Waals surface area contributed by atoms with Gasteiger partial charge < -0.3 is 14.2 Å². The molecule has 2 aromatic rings. The van der Waals surface area contributed by atoms with E-state index in [1.165, 1.54) is 28.7 Å². The highest BCUT2D eigenvalue weighted by atomic mass is 16.5. The van der Waals surface area contributed by atoms with Crippen LogP contribution in [-0.4, -0.2) is 35.4 Å². The monoisotopic (exact) mass is 353 g/mol. The Labute approximate surface area is 151 Å². The predicted molar refractivity (Wildman–Crippen MR) is 94.7 cm³/mol. The van der Waals surface area contributed by atoms with Crippen LogP contribution in [0.2, 0.25) is 0 Å². The van der Waals surface area contributed by atoms with Gasteiger partial charge in [0.05, 0.1) is 12.5 Å². The number of anilines is 1. The molecule has 0 aliphatic carbocycles. The number of ketones is 1. The van der Waals surface area contributed by atoms with Crippen LogP contribution >= 0.6 is 0 Å². The lowest BCUT2D eigenvalue weighted by atomic mass is 10.2. The minimum absolute atomic E-state index is 0.161. The summed E-state index contributed by atoms with van der Waals surface area (Å²) >= 11 is 0. The maximum absolute atomic E-state index is 12.5. The van der Waals surface area contributed by atoms with Gasteiger partial charge in [-0.15, -0.1) is 0 Å². The minimum Gasteiger partial charge on any atom is -0.451 e. The Bertz CT molecular complexity index is 849. The number of esters is 1. The predicted octanol–water partition coefficient (Wildman–Crippen LogP) is 2.33. The SMILES string of the molecule is CC(=O)c1cc(C(=O)OCC(=O)N(CCC#N)c2ccccc2)n(C)c1. The van der Waals surface area contributed by atoms with E-state index in [0.717, 1.165) is 0 Å². The molecule has 0 saturated heterocycles. The van der Waals surface area contributed by atoms with Crippen LogP contribution in [-0.2, 0) is 16.6 Å². The van der Waals surface area contributed by atoms with Crippen molar-refractivity contribution in [1.82, 2.24) is 4.57 Å². The fraction of sp³-hybridized carbons (Fsp3) is 0.263. The van der Waals surface area contributed by atoms with Crippen molar-refractivity contribution in [3.8, 4) is 6.07 Å². The third kappa shape index (κ3) is 4.57. The van der Waals surface area contributed by atoms with E-state index < -0.39 is 18.5 Å². The second-order valence-electron chi connectivity index (χ2n) is 5.65. The molecule has 0 N–H and O–H groups in total. The summed E-state index contributed by atoms with van der Waals surface area (Å²) in [6.07, 6.45) is 1.69. The summed E-state index contributed by atoms with van der Waals surface area (Å²) in [5.41, 5.74) is 1.21. The number of amides is 1. The Morgan fingerprint density at radius 3 is 2.50 bits per heavy atom. The van der Waals surface area contributed by atoms with Crippen LogP contribution in [0.1, 0.15) is 34.2 Å². The van der Waals surface area contributed by atoms with Crippen molar-refractivity contribution in [2.75, 3.05) is 18.1 Å². The van der Waals surface area contributed by atoms with Crippen LogP contribution in [0.3, 0.4) is 0 Å². The lowest BCUT2D eigenvalue weighted by Crippen LogP contribution is -2.35. The summed E-state index contributed by atoms with van der Waals surface area (Å²) < 4.78 is 6.58. The van der Waals surface area contributed by atoms with Gasteiger partial charge >= 0.3 is 5.97 Å². The van der Waals surface area contributed by atoms with Gasteiger partial charge in [-0.3, -0.25) is 9.59 Å². The number of aryl methyl sites for hydroxylation is 1. The number of carbonyl (C=O) groups excluding carboxylic acids is 3. The number of Topliss-reactive ketones (excluding diaryl/α,β-unsaturated/α-hetero) is 1. The smallest absolute Gasteiger partial charge is 0.355 e. The van der Waals surface area contributed by atoms with Crippen LogP contribution in [0.4, 0.5) is 5.69 Å². The van der Waals surface area contributed by atoms with Crippen LogP contribution in [0, 0.1) is 11.3 Å². The van der Waals surface area contributed by atoms with Crippen molar-refractivity contribution in [1.29, 1.82) is 5.26 Å². The molecule has 7 nitrogen and oxygen atoms in total. The van der Waals surface area contributed by atoms with Gasteiger partial charge in [0.25, 0.3) is 5.91 Å². The Kier molecular flexibility index (Phi) is 6.28. The van der Waals surface area contributed by atoms with Crippen molar-refractivity contribution in [2.45, 2.75) is 13.3 Å². The summed E-state index contributed by atoms with van der Waals surface area (Å²) in [6.45, 7) is 1.15. The highest BCUT2D eigenvalue weighted by Crippen LogP contribution is 2.15. The summed E-state index contributed by atoms with van der Waals surface area (Å²) in [5.74, 6) is -1.29. The molecule has 1 amide bonds. The van der Waals surface area contributed by atoms with E-state index in [1.807, 2.05) is 12.1 Å². The molecule has 0 aliphatic heterocycles. The van der Waals surface area contributed by atoms with Gasteiger partial charge in [0, 0.05) is 31.0 Å². The van der Waals surface area contributed by atoms with Gasteiger partial charge in [0.15, 0.2) is 12.4 Å². The fourth-order valence-corrected chi connectivity index (χ4v) is 2.41. The third-order valence-corrected chi connectivity index (χ3v) is 3.76. The van der Waals surface area contributed by atoms with Gasteiger partial charge in [-0.1, -0.05) is 18.2 Å². The van der Waals surface area contributed by atoms with E-state index in [0.29, 0.717) is 11.3 Å².